The fourth-order valence-corrected chi connectivity index (χ4v) is 6.31. The molecule has 1 aromatic carbocycles. The number of hydrogen-bond acceptors (Lipinski definition) is 10. The van der Waals surface area contributed by atoms with E-state index in [-0.39, 0.29) is 25.3 Å². The molecule has 4 rings (SSSR count). The number of carbonyl (C=O) groups excluding carboxylic acids is 4. The summed E-state index contributed by atoms with van der Waals surface area (Å²) < 4.78 is 45.2. The first kappa shape index (κ1) is 38.4. The van der Waals surface area contributed by atoms with Gasteiger partial charge in [0, 0.05) is 49.0 Å². The standard InChI is InChI=1S/C34H48N6O9S/c1-11-21-18-34(21,30(43)38-50(45,46)39(8)9)36-27(41)25-17-23(48-28-24-13-12-22(47-10)16-20(24)14-15-35-28)19-40(25)29(42)26(32(2,3)4)49-31(44)37-33(5,6)7/h11-16,21,23,25-26H,1,17-19H2,2-10H3,(H,36,41)(H,37,44)(H,38,43)/t21-,23?,25+,26-,34-/m1/s1. The summed E-state index contributed by atoms with van der Waals surface area (Å²) in [5.41, 5.74) is -3.15. The predicted octanol–water partition coefficient (Wildman–Crippen LogP) is 2.51. The third-order valence-electron chi connectivity index (χ3n) is 8.53. The van der Waals surface area contributed by atoms with E-state index in [0.717, 1.165) is 9.69 Å². The van der Waals surface area contributed by atoms with Crippen LogP contribution in [0, 0.1) is 11.3 Å². The van der Waals surface area contributed by atoms with Crippen LogP contribution in [-0.4, -0.2) is 103 Å². The highest BCUT2D eigenvalue weighted by molar-refractivity contribution is 7.87. The molecule has 16 heteroatoms. The number of carbonyl (C=O) groups is 4. The zero-order chi connectivity index (χ0) is 37.4. The van der Waals surface area contributed by atoms with Crippen molar-refractivity contribution in [2.45, 2.75) is 83.7 Å². The molecule has 274 valence electrons. The minimum absolute atomic E-state index is 0.0106. The van der Waals surface area contributed by atoms with Gasteiger partial charge < -0.3 is 29.7 Å². The van der Waals surface area contributed by atoms with Crippen molar-refractivity contribution in [3.8, 4) is 11.6 Å². The number of benzene rings is 1. The number of methoxy groups -OCH3 is 1. The van der Waals surface area contributed by atoms with Gasteiger partial charge in [-0.05, 0) is 56.8 Å². The van der Waals surface area contributed by atoms with Gasteiger partial charge in [-0.15, -0.1) is 6.58 Å². The molecule has 5 atom stereocenters. The van der Waals surface area contributed by atoms with Crippen LogP contribution in [-0.2, 0) is 29.3 Å². The van der Waals surface area contributed by atoms with Crippen LogP contribution in [0.5, 0.6) is 11.6 Å². The monoisotopic (exact) mass is 716 g/mol. The van der Waals surface area contributed by atoms with Gasteiger partial charge in [0.05, 0.1) is 13.7 Å². The van der Waals surface area contributed by atoms with Gasteiger partial charge in [-0.1, -0.05) is 26.8 Å². The quantitative estimate of drug-likeness (QED) is 0.292. The average Bonchev–Trinajstić information content (AvgIpc) is 3.56. The molecule has 1 saturated carbocycles. The van der Waals surface area contributed by atoms with E-state index in [9.17, 15) is 27.6 Å². The van der Waals surface area contributed by atoms with Crippen LogP contribution < -0.4 is 24.8 Å². The van der Waals surface area contributed by atoms with E-state index in [0.29, 0.717) is 11.1 Å². The van der Waals surface area contributed by atoms with Crippen molar-refractivity contribution in [1.29, 1.82) is 0 Å². The van der Waals surface area contributed by atoms with Crippen LogP contribution in [0.1, 0.15) is 54.4 Å². The van der Waals surface area contributed by atoms with E-state index < -0.39 is 74.7 Å². The zero-order valence-corrected chi connectivity index (χ0v) is 30.8. The first-order chi connectivity index (χ1) is 23.1. The lowest BCUT2D eigenvalue weighted by Gasteiger charge is -2.35. The Hall–Kier alpha value is -4.44. The number of alkyl carbamates (subject to hydrolysis) is 1. The largest absolute Gasteiger partial charge is 0.497 e. The number of aromatic nitrogens is 1. The van der Waals surface area contributed by atoms with Crippen LogP contribution >= 0.6 is 0 Å². The molecule has 1 aliphatic heterocycles. The molecule has 15 nitrogen and oxygen atoms in total. The summed E-state index contributed by atoms with van der Waals surface area (Å²) in [5, 5.41) is 6.90. The summed E-state index contributed by atoms with van der Waals surface area (Å²) >= 11 is 0. The van der Waals surface area contributed by atoms with Crippen molar-refractivity contribution >= 4 is 44.8 Å². The second kappa shape index (κ2) is 14.1. The second-order valence-corrected chi connectivity index (χ2v) is 16.8. The minimum atomic E-state index is -4.17. The predicted molar refractivity (Wildman–Crippen MR) is 185 cm³/mol. The number of rotatable bonds is 11. The fourth-order valence-electron chi connectivity index (χ4n) is 5.71. The number of nitrogens with one attached hydrogen (secondary N) is 3. The van der Waals surface area contributed by atoms with E-state index >= 15 is 0 Å². The van der Waals surface area contributed by atoms with Crippen molar-refractivity contribution in [1.82, 2.24) is 29.5 Å². The number of nitrogens with zero attached hydrogens (tertiary/aromatic N) is 3. The van der Waals surface area contributed by atoms with Gasteiger partial charge in [-0.25, -0.2) is 14.5 Å². The Bertz CT molecular complexity index is 1770. The third-order valence-corrected chi connectivity index (χ3v) is 9.93. The van der Waals surface area contributed by atoms with E-state index in [2.05, 4.69) is 22.2 Å². The highest BCUT2D eigenvalue weighted by atomic mass is 32.2. The molecule has 4 amide bonds. The van der Waals surface area contributed by atoms with E-state index in [4.69, 9.17) is 14.2 Å². The van der Waals surface area contributed by atoms with Crippen molar-refractivity contribution in [3.63, 3.8) is 0 Å². The first-order valence-corrected chi connectivity index (χ1v) is 17.6. The molecule has 3 N–H and O–H groups in total. The van der Waals surface area contributed by atoms with E-state index in [1.165, 1.54) is 25.1 Å². The Labute approximate surface area is 293 Å². The molecule has 0 radical (unpaired) electrons. The maximum absolute atomic E-state index is 14.4. The summed E-state index contributed by atoms with van der Waals surface area (Å²) in [4.78, 5) is 60.5. The smallest absolute Gasteiger partial charge is 0.408 e. The van der Waals surface area contributed by atoms with Gasteiger partial charge in [0.2, 0.25) is 11.8 Å². The highest BCUT2D eigenvalue weighted by Gasteiger charge is 2.61. The average molecular weight is 717 g/mol. The number of ether oxygens (including phenoxy) is 3. The van der Waals surface area contributed by atoms with Gasteiger partial charge in [-0.3, -0.25) is 14.4 Å². The van der Waals surface area contributed by atoms with Crippen LogP contribution in [0.2, 0.25) is 0 Å². The van der Waals surface area contributed by atoms with E-state index in [1.807, 2.05) is 10.8 Å². The SMILES string of the molecule is C=C[C@@H]1C[C@]1(NC(=O)[C@@H]1CC(Oc2nccc3cc(OC)ccc23)CN1C(=O)[C@@H](OC(=O)NC(C)(C)C)C(C)(C)C)C(=O)NS(=O)(=O)N(C)C. The Morgan fingerprint density at radius 2 is 1.80 bits per heavy atom. The topological polar surface area (TPSA) is 186 Å². The number of amides is 4. The molecule has 2 aliphatic rings. The Kier molecular flexibility index (Phi) is 10.8. The number of fused-ring (bicyclic) bond motifs is 1. The number of pyridine rings is 1. The first-order valence-electron chi connectivity index (χ1n) is 16.2. The zero-order valence-electron chi connectivity index (χ0n) is 30.0. The molecule has 0 bridgehead atoms. The van der Waals surface area contributed by atoms with Crippen LogP contribution in [0.25, 0.3) is 10.8 Å². The normalized spacial score (nSPS) is 22.8. The van der Waals surface area contributed by atoms with Gasteiger partial charge in [-0.2, -0.15) is 12.7 Å². The molecule has 1 unspecified atom stereocenters. The van der Waals surface area contributed by atoms with Gasteiger partial charge in [0.1, 0.15) is 23.4 Å². The Morgan fingerprint density at radius 3 is 2.36 bits per heavy atom. The summed E-state index contributed by atoms with van der Waals surface area (Å²) in [5.74, 6) is -1.94. The van der Waals surface area contributed by atoms with Crippen molar-refractivity contribution in [2.24, 2.45) is 11.3 Å². The maximum atomic E-state index is 14.4. The summed E-state index contributed by atoms with van der Waals surface area (Å²) in [6.07, 6.45) is 0.260. The van der Waals surface area contributed by atoms with Gasteiger partial charge in [0.15, 0.2) is 6.10 Å². The Balaban J connectivity index is 1.68. The van der Waals surface area contributed by atoms with Gasteiger partial charge in [0.25, 0.3) is 11.8 Å². The summed E-state index contributed by atoms with van der Waals surface area (Å²) in [6.45, 7) is 14.2. The number of likely N-dealkylation sites (tertiary alicyclic amines) is 1. The molecule has 2 fully saturated rings. The van der Waals surface area contributed by atoms with Crippen LogP contribution in [0.3, 0.4) is 0 Å². The summed E-state index contributed by atoms with van der Waals surface area (Å²) in [7, 11) is -0.0921. The molecule has 2 heterocycles. The molecule has 1 aromatic heterocycles. The van der Waals surface area contributed by atoms with E-state index in [1.54, 1.807) is 73.0 Å². The second-order valence-electron chi connectivity index (χ2n) is 14.9. The number of hydrogen-bond donors (Lipinski definition) is 3. The molecule has 2 aromatic rings. The maximum Gasteiger partial charge on any atom is 0.408 e. The molecule has 1 aliphatic carbocycles. The van der Waals surface area contributed by atoms with Crippen molar-refractivity contribution < 1.29 is 41.8 Å². The van der Waals surface area contributed by atoms with Crippen LogP contribution in [0.15, 0.2) is 43.1 Å². The fraction of sp³-hybridized carbons (Fsp3) is 0.559. The molecule has 1 saturated heterocycles. The van der Waals surface area contributed by atoms with Gasteiger partial charge >= 0.3 is 16.3 Å². The van der Waals surface area contributed by atoms with Crippen molar-refractivity contribution in [3.05, 3.63) is 43.1 Å². The molecule has 50 heavy (non-hydrogen) atoms. The lowest BCUT2D eigenvalue weighted by Crippen LogP contribution is -2.59. The lowest BCUT2D eigenvalue weighted by molar-refractivity contribution is -0.150. The summed E-state index contributed by atoms with van der Waals surface area (Å²) in [6, 6.07) is 5.99. The lowest BCUT2D eigenvalue weighted by atomic mass is 9.88. The molecular formula is C34H48N6O9S. The van der Waals surface area contributed by atoms with Crippen LogP contribution in [0.4, 0.5) is 4.79 Å². The Morgan fingerprint density at radius 1 is 1.12 bits per heavy atom. The minimum Gasteiger partial charge on any atom is -0.497 e. The molecule has 0 spiro atoms. The molecular weight excluding hydrogens is 668 g/mol. The third kappa shape index (κ3) is 8.46. The van der Waals surface area contributed by atoms with Crippen molar-refractivity contribution in [2.75, 3.05) is 27.7 Å². The highest BCUT2D eigenvalue weighted by Crippen LogP contribution is 2.45.